The number of hydrogen-bond donors (Lipinski definition) is 1. The van der Waals surface area contributed by atoms with Gasteiger partial charge in [-0.2, -0.15) is 0 Å². The molecule has 0 unspecified atom stereocenters. The molecule has 1 aromatic carbocycles. The fraction of sp³-hybridized carbons (Fsp3) is 0.455. The van der Waals surface area contributed by atoms with E-state index in [4.69, 9.17) is 5.73 Å². The van der Waals surface area contributed by atoms with Gasteiger partial charge < -0.3 is 10.6 Å². The second-order valence-corrected chi connectivity index (χ2v) is 5.69. The molecular weight excluding hydrogens is 227 g/mol. The maximum atomic E-state index is 13.2. The Morgan fingerprint density at radius 2 is 2.00 bits per heavy atom. The highest BCUT2D eigenvalue weighted by molar-refractivity contribution is 7.85. The number of hydrogen-bond acceptors (Lipinski definition) is 3. The number of aryl methyl sites for hydroxylation is 1. The molecule has 0 aromatic heterocycles. The van der Waals surface area contributed by atoms with Gasteiger partial charge in [-0.1, -0.05) is 0 Å². The molecule has 0 atom stereocenters. The van der Waals surface area contributed by atoms with Crippen LogP contribution in [0.25, 0.3) is 0 Å². The van der Waals surface area contributed by atoms with Crippen LogP contribution in [0.1, 0.15) is 5.56 Å². The van der Waals surface area contributed by atoms with E-state index in [0.29, 0.717) is 22.8 Å². The molecule has 1 aromatic rings. The van der Waals surface area contributed by atoms with E-state index in [-0.39, 0.29) is 5.82 Å². The van der Waals surface area contributed by atoms with E-state index in [1.54, 1.807) is 13.0 Å². The molecule has 0 bridgehead atoms. The topological polar surface area (TPSA) is 46.3 Å². The van der Waals surface area contributed by atoms with Crippen molar-refractivity contribution in [2.24, 2.45) is 0 Å². The van der Waals surface area contributed by atoms with Crippen molar-refractivity contribution in [1.82, 2.24) is 0 Å². The van der Waals surface area contributed by atoms with Gasteiger partial charge in [0.1, 0.15) is 5.82 Å². The quantitative estimate of drug-likeness (QED) is 0.755. The summed E-state index contributed by atoms with van der Waals surface area (Å²) in [6.45, 7) is 3.17. The van der Waals surface area contributed by atoms with E-state index >= 15 is 0 Å². The lowest BCUT2D eigenvalue weighted by atomic mass is 10.1. The minimum atomic E-state index is -0.708. The summed E-state index contributed by atoms with van der Waals surface area (Å²) in [5, 5.41) is 0. The molecule has 0 saturated carbocycles. The first-order chi connectivity index (χ1) is 7.58. The van der Waals surface area contributed by atoms with E-state index in [2.05, 4.69) is 4.90 Å². The minimum Gasteiger partial charge on any atom is -0.397 e. The highest BCUT2D eigenvalue weighted by atomic mass is 32.2. The number of rotatable bonds is 1. The Balaban J connectivity index is 2.26. The third kappa shape index (κ3) is 2.19. The van der Waals surface area contributed by atoms with Crippen molar-refractivity contribution in [3.63, 3.8) is 0 Å². The molecule has 0 spiro atoms. The molecule has 2 rings (SSSR count). The van der Waals surface area contributed by atoms with Gasteiger partial charge in [-0.3, -0.25) is 4.21 Å². The monoisotopic (exact) mass is 242 g/mol. The molecule has 0 radical (unpaired) electrons. The third-order valence-electron chi connectivity index (χ3n) is 2.83. The molecule has 16 heavy (non-hydrogen) atoms. The Bertz CT molecular complexity index is 426. The van der Waals surface area contributed by atoms with Gasteiger partial charge in [0.25, 0.3) is 0 Å². The summed E-state index contributed by atoms with van der Waals surface area (Å²) in [5.74, 6) is 1.05. The Labute approximate surface area is 96.9 Å². The zero-order valence-corrected chi connectivity index (χ0v) is 10.0. The van der Waals surface area contributed by atoms with Crippen LogP contribution in [0.15, 0.2) is 12.1 Å². The average molecular weight is 242 g/mol. The van der Waals surface area contributed by atoms with Gasteiger partial charge in [0.05, 0.1) is 11.4 Å². The number of nitrogens with two attached hydrogens (primary N) is 1. The highest BCUT2D eigenvalue weighted by Gasteiger charge is 2.18. The van der Waals surface area contributed by atoms with Crippen LogP contribution in [0.4, 0.5) is 15.8 Å². The molecule has 88 valence electrons. The number of benzene rings is 1. The van der Waals surface area contributed by atoms with Crippen molar-refractivity contribution < 1.29 is 8.60 Å². The zero-order chi connectivity index (χ0) is 11.7. The summed E-state index contributed by atoms with van der Waals surface area (Å²) in [7, 11) is -0.708. The SMILES string of the molecule is Cc1cc(N2CCS(=O)CC2)c(N)cc1F. The zero-order valence-electron chi connectivity index (χ0n) is 9.20. The van der Waals surface area contributed by atoms with Crippen LogP contribution in [0.2, 0.25) is 0 Å². The van der Waals surface area contributed by atoms with E-state index < -0.39 is 10.8 Å². The van der Waals surface area contributed by atoms with Gasteiger partial charge in [-0.05, 0) is 24.6 Å². The maximum absolute atomic E-state index is 13.2. The molecular formula is C11H15FN2OS. The second kappa shape index (κ2) is 4.41. The largest absolute Gasteiger partial charge is 0.397 e. The first-order valence-corrected chi connectivity index (χ1v) is 6.72. The van der Waals surface area contributed by atoms with Crippen molar-refractivity contribution >= 4 is 22.2 Å². The van der Waals surface area contributed by atoms with Crippen LogP contribution >= 0.6 is 0 Å². The van der Waals surface area contributed by atoms with Gasteiger partial charge in [0.2, 0.25) is 0 Å². The van der Waals surface area contributed by atoms with Gasteiger partial charge in [0.15, 0.2) is 0 Å². The van der Waals surface area contributed by atoms with E-state index in [0.717, 1.165) is 18.8 Å². The lowest BCUT2D eigenvalue weighted by Crippen LogP contribution is -2.38. The molecule has 1 aliphatic heterocycles. The predicted molar refractivity (Wildman–Crippen MR) is 65.6 cm³/mol. The van der Waals surface area contributed by atoms with Gasteiger partial charge >= 0.3 is 0 Å². The van der Waals surface area contributed by atoms with Crippen molar-refractivity contribution in [3.05, 3.63) is 23.5 Å². The van der Waals surface area contributed by atoms with Crippen molar-refractivity contribution in [1.29, 1.82) is 0 Å². The lowest BCUT2D eigenvalue weighted by molar-refractivity contribution is 0.618. The van der Waals surface area contributed by atoms with Gasteiger partial charge in [0, 0.05) is 35.4 Å². The Morgan fingerprint density at radius 1 is 1.38 bits per heavy atom. The summed E-state index contributed by atoms with van der Waals surface area (Å²) < 4.78 is 24.5. The van der Waals surface area contributed by atoms with E-state index in [1.165, 1.54) is 6.07 Å². The maximum Gasteiger partial charge on any atom is 0.128 e. The van der Waals surface area contributed by atoms with Gasteiger partial charge in [-0.15, -0.1) is 0 Å². The first kappa shape index (κ1) is 11.4. The van der Waals surface area contributed by atoms with Crippen molar-refractivity contribution in [3.8, 4) is 0 Å². The summed E-state index contributed by atoms with van der Waals surface area (Å²) in [4.78, 5) is 2.07. The Hall–Kier alpha value is -1.10. The lowest BCUT2D eigenvalue weighted by Gasteiger charge is -2.29. The summed E-state index contributed by atoms with van der Waals surface area (Å²) in [6.07, 6.45) is 0. The fourth-order valence-corrected chi connectivity index (χ4v) is 2.89. The molecule has 1 fully saturated rings. The van der Waals surface area contributed by atoms with E-state index in [9.17, 15) is 8.60 Å². The summed E-state index contributed by atoms with van der Waals surface area (Å²) in [6, 6.07) is 3.12. The molecule has 1 saturated heterocycles. The molecule has 1 heterocycles. The summed E-state index contributed by atoms with van der Waals surface area (Å²) in [5.41, 5.74) is 7.70. The smallest absolute Gasteiger partial charge is 0.128 e. The van der Waals surface area contributed by atoms with Crippen LogP contribution in [-0.4, -0.2) is 28.8 Å². The molecule has 5 heteroatoms. The van der Waals surface area contributed by atoms with Crippen LogP contribution in [0.5, 0.6) is 0 Å². The number of anilines is 2. The average Bonchev–Trinajstić information content (AvgIpc) is 2.25. The van der Waals surface area contributed by atoms with Crippen molar-refractivity contribution in [2.75, 3.05) is 35.2 Å². The van der Waals surface area contributed by atoms with Crippen LogP contribution in [0, 0.1) is 12.7 Å². The predicted octanol–water partition coefficient (Wildman–Crippen LogP) is 1.29. The van der Waals surface area contributed by atoms with Crippen LogP contribution < -0.4 is 10.6 Å². The Kier molecular flexibility index (Phi) is 3.14. The second-order valence-electron chi connectivity index (χ2n) is 4.00. The fourth-order valence-electron chi connectivity index (χ4n) is 1.83. The highest BCUT2D eigenvalue weighted by Crippen LogP contribution is 2.27. The summed E-state index contributed by atoms with van der Waals surface area (Å²) >= 11 is 0. The van der Waals surface area contributed by atoms with Crippen LogP contribution in [-0.2, 0) is 10.8 Å². The van der Waals surface area contributed by atoms with Gasteiger partial charge in [-0.25, -0.2) is 4.39 Å². The molecule has 3 nitrogen and oxygen atoms in total. The van der Waals surface area contributed by atoms with Crippen molar-refractivity contribution in [2.45, 2.75) is 6.92 Å². The number of nitrogens with zero attached hydrogens (tertiary/aromatic N) is 1. The molecule has 2 N–H and O–H groups in total. The van der Waals surface area contributed by atoms with Crippen LogP contribution in [0.3, 0.4) is 0 Å². The Morgan fingerprint density at radius 3 is 2.62 bits per heavy atom. The third-order valence-corrected chi connectivity index (χ3v) is 4.10. The normalized spacial score (nSPS) is 17.8. The number of halogens is 1. The molecule has 0 amide bonds. The molecule has 0 aliphatic carbocycles. The molecule has 1 aliphatic rings. The minimum absolute atomic E-state index is 0.276. The standard InChI is InChI=1S/C11H15FN2OS/c1-8-6-11(10(13)7-9(8)12)14-2-4-16(15)5-3-14/h6-7H,2-5,13H2,1H3. The first-order valence-electron chi connectivity index (χ1n) is 5.23. The van der Waals surface area contributed by atoms with E-state index in [1.807, 2.05) is 0 Å². The number of nitrogen functional groups attached to an aromatic ring is 1.